The van der Waals surface area contributed by atoms with Crippen LogP contribution in [0.15, 0.2) is 36.5 Å². The highest BCUT2D eigenvalue weighted by Crippen LogP contribution is 2.28. The summed E-state index contributed by atoms with van der Waals surface area (Å²) in [7, 11) is 0. The summed E-state index contributed by atoms with van der Waals surface area (Å²) >= 11 is 0. The van der Waals surface area contributed by atoms with Crippen LogP contribution in [0.4, 0.5) is 5.82 Å². The zero-order valence-corrected chi connectivity index (χ0v) is 17.6. The van der Waals surface area contributed by atoms with E-state index in [1.165, 1.54) is 13.3 Å². The van der Waals surface area contributed by atoms with E-state index in [4.69, 9.17) is 0 Å². The molecule has 156 valence electrons. The fourth-order valence-corrected chi connectivity index (χ4v) is 3.66. The Labute approximate surface area is 177 Å². The van der Waals surface area contributed by atoms with Crippen LogP contribution in [0.2, 0.25) is 0 Å². The first-order chi connectivity index (χ1) is 14.4. The van der Waals surface area contributed by atoms with Gasteiger partial charge in [0.25, 0.3) is 0 Å². The lowest BCUT2D eigenvalue weighted by Gasteiger charge is -2.33. The maximum atomic E-state index is 12.7. The van der Waals surface area contributed by atoms with Crippen LogP contribution in [0.25, 0.3) is 0 Å². The molecular weight excluding hydrogens is 376 g/mol. The van der Waals surface area contributed by atoms with E-state index >= 15 is 0 Å². The zero-order valence-electron chi connectivity index (χ0n) is 17.6. The summed E-state index contributed by atoms with van der Waals surface area (Å²) in [5.41, 5.74) is 2.15. The van der Waals surface area contributed by atoms with Gasteiger partial charge < -0.3 is 10.6 Å². The summed E-state index contributed by atoms with van der Waals surface area (Å²) in [6.45, 7) is 3.40. The summed E-state index contributed by atoms with van der Waals surface area (Å²) < 4.78 is 0. The molecule has 0 atom stereocenters. The van der Waals surface area contributed by atoms with Crippen molar-refractivity contribution in [2.45, 2.75) is 64.3 Å². The van der Waals surface area contributed by atoms with Crippen LogP contribution in [-0.2, 0) is 16.0 Å². The fourth-order valence-electron chi connectivity index (χ4n) is 3.66. The van der Waals surface area contributed by atoms with Crippen molar-refractivity contribution in [1.82, 2.24) is 15.3 Å². The molecule has 0 aliphatic heterocycles. The molecule has 0 radical (unpaired) electrons. The van der Waals surface area contributed by atoms with Gasteiger partial charge >= 0.3 is 0 Å². The summed E-state index contributed by atoms with van der Waals surface area (Å²) in [5, 5.41) is 5.85. The Hall–Kier alpha value is -3.20. The smallest absolute Gasteiger partial charge is 0.222 e. The van der Waals surface area contributed by atoms with Crippen molar-refractivity contribution in [3.8, 4) is 11.8 Å². The number of hydrogen-bond acceptors (Lipinski definition) is 4. The summed E-state index contributed by atoms with van der Waals surface area (Å²) in [5.74, 6) is 6.84. The molecule has 0 aromatic carbocycles. The predicted octanol–water partition coefficient (Wildman–Crippen LogP) is 3.55. The molecule has 6 heteroatoms. The van der Waals surface area contributed by atoms with E-state index in [0.29, 0.717) is 18.7 Å². The lowest BCUT2D eigenvalue weighted by Crippen LogP contribution is -2.48. The van der Waals surface area contributed by atoms with E-state index in [-0.39, 0.29) is 11.8 Å². The number of hydrogen-bond donors (Lipinski definition) is 2. The Morgan fingerprint density at radius 2 is 1.93 bits per heavy atom. The number of rotatable bonds is 5. The first-order valence-electron chi connectivity index (χ1n) is 10.4. The Bertz CT molecular complexity index is 951. The molecule has 2 heterocycles. The fraction of sp³-hybridized carbons (Fsp3) is 0.417. The summed E-state index contributed by atoms with van der Waals surface area (Å²) in [4.78, 5) is 32.5. The van der Waals surface area contributed by atoms with E-state index in [1.807, 2.05) is 31.2 Å². The van der Waals surface area contributed by atoms with Crippen LogP contribution in [0.5, 0.6) is 0 Å². The highest BCUT2D eigenvalue weighted by atomic mass is 16.2. The molecule has 6 nitrogen and oxygen atoms in total. The number of carbonyl (C=O) groups is 2. The third-order valence-electron chi connectivity index (χ3n) is 5.15. The molecule has 1 saturated carbocycles. The SMILES string of the molecule is CC(=O)Nc1ccc(C#CC2(NC(=O)CCc3cccc(C)n3)CCCCC2)cn1. The van der Waals surface area contributed by atoms with Crippen LogP contribution >= 0.6 is 0 Å². The van der Waals surface area contributed by atoms with Gasteiger partial charge in [0.05, 0.1) is 0 Å². The molecule has 1 aliphatic rings. The van der Waals surface area contributed by atoms with Crippen LogP contribution < -0.4 is 10.6 Å². The topological polar surface area (TPSA) is 84.0 Å². The molecule has 1 fully saturated rings. The standard InChI is InChI=1S/C24H28N4O2/c1-18-7-6-8-21(26-18)10-12-23(30)28-24(14-4-3-5-15-24)16-13-20-9-11-22(25-17-20)27-19(2)29/h6-9,11,17H,3-5,10,12,14-15H2,1-2H3,(H,28,30)(H,25,27,29). The van der Waals surface area contributed by atoms with Gasteiger partial charge in [0.15, 0.2) is 0 Å². The number of aromatic nitrogens is 2. The molecule has 2 amide bonds. The molecule has 0 spiro atoms. The Morgan fingerprint density at radius 1 is 1.13 bits per heavy atom. The Balaban J connectivity index is 1.66. The number of anilines is 1. The van der Waals surface area contributed by atoms with Crippen molar-refractivity contribution in [3.05, 3.63) is 53.5 Å². The third kappa shape index (κ3) is 6.41. The number of nitrogens with zero attached hydrogens (tertiary/aromatic N) is 2. The molecule has 3 rings (SSSR count). The molecular formula is C24H28N4O2. The molecule has 1 aliphatic carbocycles. The second-order valence-electron chi connectivity index (χ2n) is 7.82. The minimum absolute atomic E-state index is 0.00800. The first kappa shape index (κ1) is 21.5. The van der Waals surface area contributed by atoms with Crippen LogP contribution in [-0.4, -0.2) is 27.3 Å². The second kappa shape index (κ2) is 10.0. The number of pyridine rings is 2. The van der Waals surface area contributed by atoms with Gasteiger partial charge in [-0.15, -0.1) is 0 Å². The maximum absolute atomic E-state index is 12.7. The van der Waals surface area contributed by atoms with Gasteiger partial charge in [0.2, 0.25) is 11.8 Å². The van der Waals surface area contributed by atoms with E-state index in [9.17, 15) is 9.59 Å². The highest BCUT2D eigenvalue weighted by Gasteiger charge is 2.31. The van der Waals surface area contributed by atoms with Gasteiger partial charge in [-0.3, -0.25) is 14.6 Å². The van der Waals surface area contributed by atoms with Gasteiger partial charge in [0.1, 0.15) is 11.4 Å². The predicted molar refractivity (Wildman–Crippen MR) is 117 cm³/mol. The van der Waals surface area contributed by atoms with E-state index in [0.717, 1.165) is 42.6 Å². The largest absolute Gasteiger partial charge is 0.340 e. The van der Waals surface area contributed by atoms with Gasteiger partial charge in [-0.05, 0) is 50.5 Å². The average Bonchev–Trinajstić information content (AvgIpc) is 2.72. The van der Waals surface area contributed by atoms with Crippen LogP contribution in [0, 0.1) is 18.8 Å². The Morgan fingerprint density at radius 3 is 2.60 bits per heavy atom. The van der Waals surface area contributed by atoms with Crippen molar-refractivity contribution in [1.29, 1.82) is 0 Å². The Kier molecular flexibility index (Phi) is 7.18. The minimum Gasteiger partial charge on any atom is -0.340 e. The van der Waals surface area contributed by atoms with Crippen LogP contribution in [0.3, 0.4) is 0 Å². The number of nitrogens with one attached hydrogen (secondary N) is 2. The van der Waals surface area contributed by atoms with Gasteiger partial charge in [-0.25, -0.2) is 4.98 Å². The minimum atomic E-state index is -0.494. The first-order valence-corrected chi connectivity index (χ1v) is 10.4. The number of amides is 2. The van der Waals surface area contributed by atoms with Crippen LogP contribution in [0.1, 0.15) is 62.4 Å². The normalized spacial score (nSPS) is 14.9. The molecule has 0 unspecified atom stereocenters. The maximum Gasteiger partial charge on any atom is 0.222 e. The molecule has 2 aromatic heterocycles. The lowest BCUT2D eigenvalue weighted by molar-refractivity contribution is -0.122. The van der Waals surface area contributed by atoms with Crippen molar-refractivity contribution in [2.75, 3.05) is 5.32 Å². The zero-order chi connectivity index (χ0) is 21.4. The average molecular weight is 405 g/mol. The number of carbonyl (C=O) groups excluding carboxylic acids is 2. The van der Waals surface area contributed by atoms with E-state index in [1.54, 1.807) is 12.3 Å². The van der Waals surface area contributed by atoms with Crippen molar-refractivity contribution >= 4 is 17.6 Å². The van der Waals surface area contributed by atoms with Crippen molar-refractivity contribution in [2.24, 2.45) is 0 Å². The molecule has 2 N–H and O–H groups in total. The molecule has 0 saturated heterocycles. The molecule has 2 aromatic rings. The monoisotopic (exact) mass is 404 g/mol. The summed E-state index contributed by atoms with van der Waals surface area (Å²) in [6, 6.07) is 9.43. The summed E-state index contributed by atoms with van der Waals surface area (Å²) in [6.07, 6.45) is 7.62. The van der Waals surface area contributed by atoms with E-state index in [2.05, 4.69) is 32.4 Å². The van der Waals surface area contributed by atoms with Gasteiger partial charge in [0, 0.05) is 36.5 Å². The molecule has 30 heavy (non-hydrogen) atoms. The molecule has 0 bridgehead atoms. The van der Waals surface area contributed by atoms with Gasteiger partial charge in [-0.1, -0.05) is 37.2 Å². The van der Waals surface area contributed by atoms with Gasteiger partial charge in [-0.2, -0.15) is 0 Å². The second-order valence-corrected chi connectivity index (χ2v) is 7.82. The quantitative estimate of drug-likeness (QED) is 0.747. The van der Waals surface area contributed by atoms with Crippen molar-refractivity contribution in [3.63, 3.8) is 0 Å². The van der Waals surface area contributed by atoms with Crippen molar-refractivity contribution < 1.29 is 9.59 Å². The highest BCUT2D eigenvalue weighted by molar-refractivity contribution is 5.87. The third-order valence-corrected chi connectivity index (χ3v) is 5.15. The van der Waals surface area contributed by atoms with E-state index < -0.39 is 5.54 Å². The number of aryl methyl sites for hydroxylation is 2. The lowest BCUT2D eigenvalue weighted by atomic mass is 9.81.